The van der Waals surface area contributed by atoms with Crippen molar-refractivity contribution < 1.29 is 4.79 Å². The van der Waals surface area contributed by atoms with Crippen LogP contribution < -0.4 is 5.32 Å². The molecule has 0 radical (unpaired) electrons. The van der Waals surface area contributed by atoms with Crippen molar-refractivity contribution >= 4 is 5.91 Å². The van der Waals surface area contributed by atoms with Gasteiger partial charge in [-0.05, 0) is 6.07 Å². The van der Waals surface area contributed by atoms with Crippen molar-refractivity contribution in [1.29, 1.82) is 0 Å². The molecule has 0 unspecified atom stereocenters. The first-order valence-electron chi connectivity index (χ1n) is 3.51. The van der Waals surface area contributed by atoms with Crippen LogP contribution in [0.25, 0.3) is 0 Å². The number of H-pyrrole nitrogens is 1. The second kappa shape index (κ2) is 4.19. The standard InChI is InChI=1S/C8H9N3O/c1-2-3-8(12)9-6-7-4-5-10-11-7/h1,4-5H,3,6H2,(H,9,12)(H,10,11). The molecule has 1 aromatic heterocycles. The summed E-state index contributed by atoms with van der Waals surface area (Å²) >= 11 is 0. The molecule has 0 saturated carbocycles. The molecule has 2 N–H and O–H groups in total. The normalized spacial score (nSPS) is 8.92. The predicted octanol–water partition coefficient (Wildman–Crippen LogP) is 0.0492. The van der Waals surface area contributed by atoms with Gasteiger partial charge in [-0.1, -0.05) is 5.92 Å². The summed E-state index contributed by atoms with van der Waals surface area (Å²) in [6, 6.07) is 1.79. The summed E-state index contributed by atoms with van der Waals surface area (Å²) in [5.74, 6) is 2.11. The van der Waals surface area contributed by atoms with Gasteiger partial charge in [0, 0.05) is 6.20 Å². The fraction of sp³-hybridized carbons (Fsp3) is 0.250. The Balaban J connectivity index is 2.28. The number of nitrogens with one attached hydrogen (secondary N) is 2. The smallest absolute Gasteiger partial charge is 0.232 e. The molecule has 4 heteroatoms. The van der Waals surface area contributed by atoms with Gasteiger partial charge in [-0.15, -0.1) is 6.42 Å². The number of aromatic nitrogens is 2. The van der Waals surface area contributed by atoms with E-state index in [0.717, 1.165) is 5.69 Å². The minimum Gasteiger partial charge on any atom is -0.350 e. The Morgan fingerprint density at radius 1 is 1.83 bits per heavy atom. The van der Waals surface area contributed by atoms with E-state index in [1.807, 2.05) is 0 Å². The summed E-state index contributed by atoms with van der Waals surface area (Å²) in [7, 11) is 0. The second-order valence-corrected chi connectivity index (χ2v) is 2.24. The average Bonchev–Trinajstić information content (AvgIpc) is 2.53. The Bertz CT molecular complexity index is 284. The lowest BCUT2D eigenvalue weighted by atomic mass is 10.4. The van der Waals surface area contributed by atoms with Gasteiger partial charge >= 0.3 is 0 Å². The third-order valence-electron chi connectivity index (χ3n) is 1.30. The van der Waals surface area contributed by atoms with Crippen molar-refractivity contribution in [3.05, 3.63) is 18.0 Å². The number of rotatable bonds is 3. The number of hydrogen-bond donors (Lipinski definition) is 2. The van der Waals surface area contributed by atoms with Gasteiger partial charge in [-0.3, -0.25) is 9.89 Å². The first kappa shape index (κ1) is 8.34. The first-order valence-corrected chi connectivity index (χ1v) is 3.51. The Morgan fingerprint density at radius 2 is 2.67 bits per heavy atom. The Hall–Kier alpha value is -1.76. The Kier molecular flexibility index (Phi) is 2.91. The van der Waals surface area contributed by atoms with E-state index in [2.05, 4.69) is 21.4 Å². The minimum atomic E-state index is -0.146. The zero-order valence-electron chi connectivity index (χ0n) is 6.50. The van der Waals surface area contributed by atoms with Gasteiger partial charge in [0.25, 0.3) is 0 Å². The molecule has 4 nitrogen and oxygen atoms in total. The van der Waals surface area contributed by atoms with Crippen LogP contribution in [0.3, 0.4) is 0 Å². The van der Waals surface area contributed by atoms with Crippen LogP contribution in [0.1, 0.15) is 12.1 Å². The van der Waals surface area contributed by atoms with E-state index < -0.39 is 0 Å². The maximum atomic E-state index is 10.9. The molecule has 1 rings (SSSR count). The van der Waals surface area contributed by atoms with Crippen LogP contribution in [-0.2, 0) is 11.3 Å². The number of hydrogen-bond acceptors (Lipinski definition) is 2. The highest BCUT2D eigenvalue weighted by molar-refractivity contribution is 5.78. The molecule has 0 aromatic carbocycles. The van der Waals surface area contributed by atoms with Crippen LogP contribution >= 0.6 is 0 Å². The molecule has 0 saturated heterocycles. The van der Waals surface area contributed by atoms with E-state index in [0.29, 0.717) is 6.54 Å². The van der Waals surface area contributed by atoms with Gasteiger partial charge in [0.15, 0.2) is 0 Å². The molecule has 1 aromatic rings. The number of carbonyl (C=O) groups is 1. The van der Waals surface area contributed by atoms with Crippen molar-refractivity contribution in [1.82, 2.24) is 15.5 Å². The summed E-state index contributed by atoms with van der Waals surface area (Å²) in [6.07, 6.45) is 6.69. The molecule has 0 bridgehead atoms. The highest BCUT2D eigenvalue weighted by atomic mass is 16.1. The second-order valence-electron chi connectivity index (χ2n) is 2.24. The van der Waals surface area contributed by atoms with E-state index in [9.17, 15) is 4.79 Å². The van der Waals surface area contributed by atoms with Crippen molar-refractivity contribution in [2.75, 3.05) is 0 Å². The van der Waals surface area contributed by atoms with Crippen LogP contribution in [0.4, 0.5) is 0 Å². The summed E-state index contributed by atoms with van der Waals surface area (Å²) < 4.78 is 0. The van der Waals surface area contributed by atoms with Gasteiger partial charge in [-0.25, -0.2) is 0 Å². The molecule has 0 atom stereocenters. The average molecular weight is 163 g/mol. The van der Waals surface area contributed by atoms with Gasteiger partial charge in [0.2, 0.25) is 5.91 Å². The number of aromatic amines is 1. The number of terminal acetylenes is 1. The van der Waals surface area contributed by atoms with Crippen LogP contribution in [0.5, 0.6) is 0 Å². The fourth-order valence-electron chi connectivity index (χ4n) is 0.732. The highest BCUT2D eigenvalue weighted by Crippen LogP contribution is 1.89. The summed E-state index contributed by atoms with van der Waals surface area (Å²) in [4.78, 5) is 10.9. The van der Waals surface area contributed by atoms with E-state index in [1.165, 1.54) is 0 Å². The van der Waals surface area contributed by atoms with Crippen LogP contribution in [-0.4, -0.2) is 16.1 Å². The lowest BCUT2D eigenvalue weighted by molar-refractivity contribution is -0.120. The number of amides is 1. The van der Waals surface area contributed by atoms with Crippen LogP contribution in [0.2, 0.25) is 0 Å². The molecule has 0 fully saturated rings. The van der Waals surface area contributed by atoms with Crippen molar-refractivity contribution in [2.45, 2.75) is 13.0 Å². The predicted molar refractivity (Wildman–Crippen MR) is 43.9 cm³/mol. The summed E-state index contributed by atoms with van der Waals surface area (Å²) in [5, 5.41) is 9.08. The first-order chi connectivity index (χ1) is 5.83. The van der Waals surface area contributed by atoms with Crippen molar-refractivity contribution in [3.63, 3.8) is 0 Å². The number of carbonyl (C=O) groups excluding carboxylic acids is 1. The van der Waals surface area contributed by atoms with E-state index in [4.69, 9.17) is 6.42 Å². The topological polar surface area (TPSA) is 57.8 Å². The molecule has 0 spiro atoms. The molecule has 0 aliphatic rings. The largest absolute Gasteiger partial charge is 0.350 e. The highest BCUT2D eigenvalue weighted by Gasteiger charge is 1.98. The molecule has 12 heavy (non-hydrogen) atoms. The van der Waals surface area contributed by atoms with Gasteiger partial charge < -0.3 is 5.32 Å². The zero-order valence-corrected chi connectivity index (χ0v) is 6.50. The maximum Gasteiger partial charge on any atom is 0.232 e. The van der Waals surface area contributed by atoms with E-state index in [-0.39, 0.29) is 12.3 Å². The van der Waals surface area contributed by atoms with Crippen molar-refractivity contribution in [3.8, 4) is 12.3 Å². The molecular formula is C8H9N3O. The zero-order chi connectivity index (χ0) is 8.81. The van der Waals surface area contributed by atoms with E-state index >= 15 is 0 Å². The SMILES string of the molecule is C#CCC(=O)NCc1ccn[nH]1. The van der Waals surface area contributed by atoms with Gasteiger partial charge in [0.1, 0.15) is 0 Å². The fourth-order valence-corrected chi connectivity index (χ4v) is 0.732. The summed E-state index contributed by atoms with van der Waals surface area (Å²) in [6.45, 7) is 0.445. The van der Waals surface area contributed by atoms with E-state index in [1.54, 1.807) is 12.3 Å². The molecule has 0 aliphatic carbocycles. The summed E-state index contributed by atoms with van der Waals surface area (Å²) in [5.41, 5.74) is 0.861. The lowest BCUT2D eigenvalue weighted by Crippen LogP contribution is -2.21. The van der Waals surface area contributed by atoms with Crippen LogP contribution in [0.15, 0.2) is 12.3 Å². The lowest BCUT2D eigenvalue weighted by Gasteiger charge is -1.98. The molecular weight excluding hydrogens is 154 g/mol. The van der Waals surface area contributed by atoms with Crippen LogP contribution in [0, 0.1) is 12.3 Å². The minimum absolute atomic E-state index is 0.119. The molecule has 62 valence electrons. The third-order valence-corrected chi connectivity index (χ3v) is 1.30. The molecule has 0 aliphatic heterocycles. The monoisotopic (exact) mass is 163 g/mol. The van der Waals surface area contributed by atoms with Gasteiger partial charge in [-0.2, -0.15) is 5.10 Å². The molecule has 1 heterocycles. The number of nitrogens with zero attached hydrogens (tertiary/aromatic N) is 1. The quantitative estimate of drug-likeness (QED) is 0.618. The van der Waals surface area contributed by atoms with Crippen molar-refractivity contribution in [2.24, 2.45) is 0 Å². The maximum absolute atomic E-state index is 10.9. The Morgan fingerprint density at radius 3 is 3.25 bits per heavy atom. The van der Waals surface area contributed by atoms with Gasteiger partial charge in [0.05, 0.1) is 18.7 Å². The third kappa shape index (κ3) is 2.46. The Labute approximate surface area is 70.4 Å². The molecule has 1 amide bonds.